The number of hydrogen-bond acceptors (Lipinski definition) is 5. The number of fused-ring (bicyclic) bond motifs is 1. The number of carbonyl (C=O) groups is 2. The molecule has 30 heavy (non-hydrogen) atoms. The molecule has 0 saturated heterocycles. The molecule has 1 aliphatic rings. The van der Waals surface area contributed by atoms with Gasteiger partial charge in [-0.2, -0.15) is 0 Å². The topological polar surface area (TPSA) is 80.8 Å². The SMILES string of the molecule is COC(=O)c1ccc(-c2ccc3c(n2)OCCN3C(=O)Nc2cccc(Cl)c2)cc1. The Balaban J connectivity index is 1.56. The normalized spacial score (nSPS) is 12.5. The van der Waals surface area contributed by atoms with E-state index in [-0.39, 0.29) is 6.03 Å². The zero-order valence-corrected chi connectivity index (χ0v) is 16.8. The third kappa shape index (κ3) is 4.06. The predicted octanol–water partition coefficient (Wildman–Crippen LogP) is 4.62. The average Bonchev–Trinajstić information content (AvgIpc) is 2.78. The number of rotatable bonds is 3. The summed E-state index contributed by atoms with van der Waals surface area (Å²) in [7, 11) is 1.34. The molecular formula is C22H18ClN3O4. The molecule has 3 aromatic rings. The van der Waals surface area contributed by atoms with Crippen molar-refractivity contribution in [1.82, 2.24) is 4.98 Å². The van der Waals surface area contributed by atoms with Gasteiger partial charge in [-0.05, 0) is 42.5 Å². The predicted molar refractivity (Wildman–Crippen MR) is 114 cm³/mol. The number of methoxy groups -OCH3 is 1. The van der Waals surface area contributed by atoms with E-state index in [9.17, 15) is 9.59 Å². The van der Waals surface area contributed by atoms with Crippen molar-refractivity contribution in [2.45, 2.75) is 0 Å². The summed E-state index contributed by atoms with van der Waals surface area (Å²) in [6.45, 7) is 0.724. The molecule has 0 saturated carbocycles. The smallest absolute Gasteiger partial charge is 0.337 e. The van der Waals surface area contributed by atoms with Gasteiger partial charge >= 0.3 is 12.0 Å². The Morgan fingerprint density at radius 1 is 1.13 bits per heavy atom. The van der Waals surface area contributed by atoms with Crippen LogP contribution in [0.1, 0.15) is 10.4 Å². The Morgan fingerprint density at radius 3 is 2.67 bits per heavy atom. The second-order valence-corrected chi connectivity index (χ2v) is 6.97. The number of urea groups is 1. The summed E-state index contributed by atoms with van der Waals surface area (Å²) in [4.78, 5) is 30.5. The van der Waals surface area contributed by atoms with Gasteiger partial charge in [-0.3, -0.25) is 4.90 Å². The summed E-state index contributed by atoms with van der Waals surface area (Å²) in [5, 5.41) is 3.38. The van der Waals surface area contributed by atoms with Gasteiger partial charge in [-0.25, -0.2) is 14.6 Å². The molecule has 0 radical (unpaired) electrons. The quantitative estimate of drug-likeness (QED) is 0.622. The first-order chi connectivity index (χ1) is 14.5. The standard InChI is InChI=1S/C22H18ClN3O4/c1-29-21(27)15-7-5-14(6-8-15)18-9-10-19-20(25-18)30-12-11-26(19)22(28)24-17-4-2-3-16(23)13-17/h2-10,13H,11-12H2,1H3,(H,24,28). The van der Waals surface area contributed by atoms with Crippen LogP contribution in [0.3, 0.4) is 0 Å². The van der Waals surface area contributed by atoms with Crippen LogP contribution in [0.25, 0.3) is 11.3 Å². The van der Waals surface area contributed by atoms with Crippen LogP contribution < -0.4 is 15.0 Å². The van der Waals surface area contributed by atoms with E-state index < -0.39 is 5.97 Å². The summed E-state index contributed by atoms with van der Waals surface area (Å²) in [5.74, 6) is -0.0262. The van der Waals surface area contributed by atoms with Gasteiger partial charge in [-0.15, -0.1) is 0 Å². The molecule has 0 aliphatic carbocycles. The summed E-state index contributed by atoms with van der Waals surface area (Å²) < 4.78 is 10.4. The Morgan fingerprint density at radius 2 is 1.93 bits per heavy atom. The first-order valence-electron chi connectivity index (χ1n) is 9.22. The fourth-order valence-electron chi connectivity index (χ4n) is 3.12. The van der Waals surface area contributed by atoms with Crippen LogP contribution in [0.5, 0.6) is 5.88 Å². The molecule has 2 heterocycles. The molecule has 1 aromatic heterocycles. The lowest BCUT2D eigenvalue weighted by Gasteiger charge is -2.29. The summed E-state index contributed by atoms with van der Waals surface area (Å²) >= 11 is 5.99. The van der Waals surface area contributed by atoms with Gasteiger partial charge in [0.05, 0.1) is 24.9 Å². The van der Waals surface area contributed by atoms with Crippen molar-refractivity contribution in [3.05, 3.63) is 71.2 Å². The van der Waals surface area contributed by atoms with E-state index in [0.29, 0.717) is 46.7 Å². The lowest BCUT2D eigenvalue weighted by Crippen LogP contribution is -2.41. The van der Waals surface area contributed by atoms with Crippen LogP contribution >= 0.6 is 11.6 Å². The number of carbonyl (C=O) groups excluding carboxylic acids is 2. The highest BCUT2D eigenvalue weighted by molar-refractivity contribution is 6.30. The Hall–Kier alpha value is -3.58. The van der Waals surface area contributed by atoms with Crippen LogP contribution in [0.15, 0.2) is 60.7 Å². The Bertz CT molecular complexity index is 1100. The van der Waals surface area contributed by atoms with E-state index in [1.165, 1.54) is 7.11 Å². The van der Waals surface area contributed by atoms with Crippen molar-refractivity contribution in [3.8, 4) is 17.1 Å². The molecule has 0 spiro atoms. The van der Waals surface area contributed by atoms with E-state index in [4.69, 9.17) is 21.1 Å². The highest BCUT2D eigenvalue weighted by Gasteiger charge is 2.25. The number of nitrogens with zero attached hydrogens (tertiary/aromatic N) is 2. The number of nitrogens with one attached hydrogen (secondary N) is 1. The second-order valence-electron chi connectivity index (χ2n) is 6.53. The highest BCUT2D eigenvalue weighted by atomic mass is 35.5. The number of anilines is 2. The van der Waals surface area contributed by atoms with Crippen LogP contribution in [-0.4, -0.2) is 37.2 Å². The van der Waals surface area contributed by atoms with Crippen LogP contribution in [0.2, 0.25) is 5.02 Å². The highest BCUT2D eigenvalue weighted by Crippen LogP contribution is 2.33. The molecule has 2 aromatic carbocycles. The summed E-state index contributed by atoms with van der Waals surface area (Å²) in [6.07, 6.45) is 0. The van der Waals surface area contributed by atoms with Crippen molar-refractivity contribution in [1.29, 1.82) is 0 Å². The first-order valence-corrected chi connectivity index (χ1v) is 9.59. The molecule has 2 amide bonds. The first kappa shape index (κ1) is 19.7. The number of esters is 1. The van der Waals surface area contributed by atoms with E-state index in [0.717, 1.165) is 5.56 Å². The van der Waals surface area contributed by atoms with Gasteiger partial charge in [0.25, 0.3) is 0 Å². The van der Waals surface area contributed by atoms with Crippen LogP contribution in [-0.2, 0) is 4.74 Å². The number of benzene rings is 2. The van der Waals surface area contributed by atoms with Gasteiger partial charge in [0.15, 0.2) is 0 Å². The largest absolute Gasteiger partial charge is 0.474 e. The van der Waals surface area contributed by atoms with Gasteiger partial charge in [0.2, 0.25) is 5.88 Å². The van der Waals surface area contributed by atoms with Crippen molar-refractivity contribution in [2.24, 2.45) is 0 Å². The van der Waals surface area contributed by atoms with Gasteiger partial charge in [0.1, 0.15) is 12.3 Å². The minimum atomic E-state index is -0.398. The molecule has 4 rings (SSSR count). The van der Waals surface area contributed by atoms with E-state index in [1.54, 1.807) is 65.6 Å². The third-order valence-corrected chi connectivity index (χ3v) is 4.84. The molecule has 1 N–H and O–H groups in total. The fraction of sp³-hybridized carbons (Fsp3) is 0.136. The lowest BCUT2D eigenvalue weighted by atomic mass is 10.1. The molecule has 0 atom stereocenters. The van der Waals surface area contributed by atoms with Gasteiger partial charge in [-0.1, -0.05) is 29.8 Å². The minimum Gasteiger partial charge on any atom is -0.474 e. The maximum atomic E-state index is 12.8. The number of aromatic nitrogens is 1. The molecule has 0 unspecified atom stereocenters. The zero-order chi connectivity index (χ0) is 21.1. The number of halogens is 1. The van der Waals surface area contributed by atoms with E-state index in [2.05, 4.69) is 10.3 Å². The molecule has 8 heteroatoms. The molecular weight excluding hydrogens is 406 g/mol. The molecule has 7 nitrogen and oxygen atoms in total. The van der Waals surface area contributed by atoms with Gasteiger partial charge < -0.3 is 14.8 Å². The Kier molecular flexibility index (Phi) is 5.54. The molecule has 1 aliphatic heterocycles. The maximum absolute atomic E-state index is 12.8. The summed E-state index contributed by atoms with van der Waals surface area (Å²) in [5.41, 5.74) is 3.13. The number of ether oxygens (including phenoxy) is 2. The zero-order valence-electron chi connectivity index (χ0n) is 16.1. The van der Waals surface area contributed by atoms with Crippen molar-refractivity contribution >= 4 is 35.0 Å². The lowest BCUT2D eigenvalue weighted by molar-refractivity contribution is 0.0600. The van der Waals surface area contributed by atoms with Crippen LogP contribution in [0, 0.1) is 0 Å². The average molecular weight is 424 g/mol. The number of hydrogen-bond donors (Lipinski definition) is 1. The number of pyridine rings is 1. The molecule has 0 bridgehead atoms. The molecule has 152 valence electrons. The van der Waals surface area contributed by atoms with Crippen molar-refractivity contribution in [3.63, 3.8) is 0 Å². The Labute approximate surface area is 178 Å². The van der Waals surface area contributed by atoms with Crippen LogP contribution in [0.4, 0.5) is 16.2 Å². The third-order valence-electron chi connectivity index (χ3n) is 4.61. The van der Waals surface area contributed by atoms with E-state index >= 15 is 0 Å². The number of amides is 2. The fourth-order valence-corrected chi connectivity index (χ4v) is 3.31. The summed E-state index contributed by atoms with van der Waals surface area (Å²) in [6, 6.07) is 17.2. The van der Waals surface area contributed by atoms with Crippen molar-refractivity contribution < 1.29 is 19.1 Å². The van der Waals surface area contributed by atoms with Gasteiger partial charge in [0, 0.05) is 16.3 Å². The second kappa shape index (κ2) is 8.42. The van der Waals surface area contributed by atoms with E-state index in [1.807, 2.05) is 0 Å². The van der Waals surface area contributed by atoms with Crippen molar-refractivity contribution in [2.75, 3.05) is 30.5 Å². The maximum Gasteiger partial charge on any atom is 0.337 e. The molecule has 0 fully saturated rings. The monoisotopic (exact) mass is 423 g/mol. The minimum absolute atomic E-state index is 0.293.